The van der Waals surface area contributed by atoms with Gasteiger partial charge in [0.05, 0.1) is 6.07 Å². The second kappa shape index (κ2) is 11.3. The molecule has 0 bridgehead atoms. The number of benzene rings is 1. The average Bonchev–Trinajstić information content (AvgIpc) is 2.36. The largest absolute Gasteiger partial charge is 0.193 e. The van der Waals surface area contributed by atoms with Crippen molar-refractivity contribution in [3.8, 4) is 6.07 Å². The molecule has 0 radical (unpaired) electrons. The first-order valence-electron chi connectivity index (χ1n) is 5.57. The van der Waals surface area contributed by atoms with E-state index in [9.17, 15) is 0 Å². The minimum Gasteiger partial charge on any atom is -0.193 e. The Labute approximate surface area is 98.7 Å². The second-order valence-corrected chi connectivity index (χ2v) is 3.29. The van der Waals surface area contributed by atoms with E-state index in [1.54, 1.807) is 6.07 Å². The van der Waals surface area contributed by atoms with Gasteiger partial charge in [-0.15, -0.1) is 0 Å². The van der Waals surface area contributed by atoms with Gasteiger partial charge in [0.15, 0.2) is 0 Å². The van der Waals surface area contributed by atoms with Gasteiger partial charge in [-0.05, 0) is 12.0 Å². The maximum absolute atomic E-state index is 7.51. The highest BCUT2D eigenvalue weighted by atomic mass is 14.2. The first kappa shape index (κ1) is 14.2. The fraction of sp³-hybridized carbons (Fsp3) is 0.267. The molecule has 84 valence electrons. The SMILES string of the molecule is C=CC#N.CCCCC=Cc1ccccc1. The number of hydrogen-bond acceptors (Lipinski definition) is 1. The van der Waals surface area contributed by atoms with E-state index in [2.05, 4.69) is 49.9 Å². The summed E-state index contributed by atoms with van der Waals surface area (Å²) in [5.74, 6) is 0. The van der Waals surface area contributed by atoms with Crippen LogP contribution in [0.15, 0.2) is 49.1 Å². The molecule has 0 saturated heterocycles. The molecule has 0 aliphatic rings. The molecular formula is C15H19N. The zero-order valence-electron chi connectivity index (χ0n) is 9.89. The van der Waals surface area contributed by atoms with Gasteiger partial charge < -0.3 is 0 Å². The predicted octanol–water partition coefficient (Wildman–Crippen LogP) is 4.59. The monoisotopic (exact) mass is 213 g/mol. The predicted molar refractivity (Wildman–Crippen MR) is 70.8 cm³/mol. The summed E-state index contributed by atoms with van der Waals surface area (Å²) in [5.41, 5.74) is 1.30. The Hall–Kier alpha value is -1.81. The molecule has 0 aliphatic heterocycles. The molecule has 0 aliphatic carbocycles. The zero-order valence-corrected chi connectivity index (χ0v) is 9.89. The smallest absolute Gasteiger partial charge is 0.0905 e. The van der Waals surface area contributed by atoms with Gasteiger partial charge in [-0.1, -0.05) is 68.8 Å². The van der Waals surface area contributed by atoms with Crippen molar-refractivity contribution in [1.82, 2.24) is 0 Å². The average molecular weight is 213 g/mol. The molecule has 0 unspecified atom stereocenters. The van der Waals surface area contributed by atoms with Crippen molar-refractivity contribution < 1.29 is 0 Å². The summed E-state index contributed by atoms with van der Waals surface area (Å²) in [6.45, 7) is 5.34. The molecule has 1 rings (SSSR count). The van der Waals surface area contributed by atoms with E-state index in [1.165, 1.54) is 30.9 Å². The fourth-order valence-corrected chi connectivity index (χ4v) is 1.11. The maximum atomic E-state index is 7.51. The van der Waals surface area contributed by atoms with E-state index in [0.717, 1.165) is 0 Å². The molecule has 0 amide bonds. The van der Waals surface area contributed by atoms with Crippen molar-refractivity contribution >= 4 is 6.08 Å². The molecule has 0 aromatic heterocycles. The van der Waals surface area contributed by atoms with E-state index in [0.29, 0.717) is 0 Å². The van der Waals surface area contributed by atoms with Gasteiger partial charge in [-0.25, -0.2) is 0 Å². The Morgan fingerprint density at radius 3 is 2.44 bits per heavy atom. The van der Waals surface area contributed by atoms with Gasteiger partial charge >= 0.3 is 0 Å². The fourth-order valence-electron chi connectivity index (χ4n) is 1.11. The van der Waals surface area contributed by atoms with Crippen molar-refractivity contribution in [3.05, 3.63) is 54.6 Å². The molecule has 0 fully saturated rings. The summed E-state index contributed by atoms with van der Waals surface area (Å²) in [4.78, 5) is 0. The van der Waals surface area contributed by atoms with Gasteiger partial charge in [0.25, 0.3) is 0 Å². The molecule has 1 nitrogen and oxygen atoms in total. The highest BCUT2D eigenvalue weighted by Crippen LogP contribution is 2.03. The van der Waals surface area contributed by atoms with Crippen LogP contribution in [-0.4, -0.2) is 0 Å². The molecule has 0 N–H and O–H groups in total. The molecule has 0 atom stereocenters. The van der Waals surface area contributed by atoms with Crippen LogP contribution in [0.4, 0.5) is 0 Å². The standard InChI is InChI=1S/C12H16.C3H3N/c1-2-3-4-6-9-12-10-7-5-8-11-12;1-2-3-4/h5-11H,2-4H2,1H3;2H,1H2. The molecule has 1 aromatic carbocycles. The molecule has 16 heavy (non-hydrogen) atoms. The third-order valence-electron chi connectivity index (χ3n) is 1.93. The van der Waals surface area contributed by atoms with Gasteiger partial charge in [-0.2, -0.15) is 5.26 Å². The Balaban J connectivity index is 0.000000487. The molecule has 0 saturated carbocycles. The number of hydrogen-bond donors (Lipinski definition) is 0. The summed E-state index contributed by atoms with van der Waals surface area (Å²) in [6, 6.07) is 12.1. The first-order chi connectivity index (χ1) is 7.85. The number of unbranched alkanes of at least 4 members (excludes halogenated alkanes) is 2. The Morgan fingerprint density at radius 1 is 1.31 bits per heavy atom. The van der Waals surface area contributed by atoms with Gasteiger partial charge in [0, 0.05) is 6.08 Å². The minimum absolute atomic E-state index is 1.18. The van der Waals surface area contributed by atoms with Gasteiger partial charge in [-0.3, -0.25) is 0 Å². The van der Waals surface area contributed by atoms with Crippen LogP contribution < -0.4 is 0 Å². The van der Waals surface area contributed by atoms with Crippen LogP contribution in [0.5, 0.6) is 0 Å². The second-order valence-electron chi connectivity index (χ2n) is 3.29. The normalized spacial score (nSPS) is 9.00. The number of allylic oxidation sites excluding steroid dienone is 2. The topological polar surface area (TPSA) is 23.8 Å². The van der Waals surface area contributed by atoms with Crippen LogP contribution in [-0.2, 0) is 0 Å². The van der Waals surface area contributed by atoms with Crippen LogP contribution in [0.2, 0.25) is 0 Å². The van der Waals surface area contributed by atoms with Gasteiger partial charge in [0.1, 0.15) is 0 Å². The Kier molecular flexibility index (Phi) is 9.99. The molecule has 1 heteroatoms. The van der Waals surface area contributed by atoms with Crippen LogP contribution in [0, 0.1) is 11.3 Å². The van der Waals surface area contributed by atoms with Crippen LogP contribution >= 0.6 is 0 Å². The molecule has 0 heterocycles. The number of rotatable bonds is 4. The van der Waals surface area contributed by atoms with Gasteiger partial charge in [0.2, 0.25) is 0 Å². The van der Waals surface area contributed by atoms with Crippen molar-refractivity contribution in [2.45, 2.75) is 26.2 Å². The molecule has 0 spiro atoms. The third kappa shape index (κ3) is 8.77. The number of nitriles is 1. The first-order valence-corrected chi connectivity index (χ1v) is 5.57. The summed E-state index contributed by atoms with van der Waals surface area (Å²) in [5, 5.41) is 7.51. The van der Waals surface area contributed by atoms with E-state index >= 15 is 0 Å². The lowest BCUT2D eigenvalue weighted by Crippen LogP contribution is -1.69. The van der Waals surface area contributed by atoms with Crippen LogP contribution in [0.3, 0.4) is 0 Å². The zero-order chi connectivity index (χ0) is 12.1. The van der Waals surface area contributed by atoms with E-state index in [-0.39, 0.29) is 0 Å². The van der Waals surface area contributed by atoms with E-state index < -0.39 is 0 Å². The lowest BCUT2D eigenvalue weighted by Gasteiger charge is -1.91. The molecule has 1 aromatic rings. The summed E-state index contributed by atoms with van der Waals surface area (Å²) < 4.78 is 0. The van der Waals surface area contributed by atoms with Crippen LogP contribution in [0.1, 0.15) is 31.7 Å². The third-order valence-corrected chi connectivity index (χ3v) is 1.93. The number of nitrogens with zero attached hydrogens (tertiary/aromatic N) is 1. The van der Waals surface area contributed by atoms with E-state index in [4.69, 9.17) is 5.26 Å². The summed E-state index contributed by atoms with van der Waals surface area (Å²) >= 11 is 0. The Morgan fingerprint density at radius 2 is 1.94 bits per heavy atom. The van der Waals surface area contributed by atoms with Crippen LogP contribution in [0.25, 0.3) is 6.08 Å². The highest BCUT2D eigenvalue weighted by molar-refractivity contribution is 5.48. The van der Waals surface area contributed by atoms with Crippen molar-refractivity contribution in [2.24, 2.45) is 0 Å². The van der Waals surface area contributed by atoms with E-state index in [1.807, 2.05) is 6.07 Å². The van der Waals surface area contributed by atoms with Crippen molar-refractivity contribution in [1.29, 1.82) is 5.26 Å². The minimum atomic E-state index is 1.18. The maximum Gasteiger partial charge on any atom is 0.0905 e. The lowest BCUT2D eigenvalue weighted by molar-refractivity contribution is 0.816. The quantitative estimate of drug-likeness (QED) is 0.530. The lowest BCUT2D eigenvalue weighted by atomic mass is 10.2. The van der Waals surface area contributed by atoms with Crippen molar-refractivity contribution in [2.75, 3.05) is 0 Å². The highest BCUT2D eigenvalue weighted by Gasteiger charge is 1.81. The molecular weight excluding hydrogens is 194 g/mol. The Bertz CT molecular complexity index is 330. The van der Waals surface area contributed by atoms with Crippen molar-refractivity contribution in [3.63, 3.8) is 0 Å². The summed E-state index contributed by atoms with van der Waals surface area (Å²) in [6.07, 6.45) is 9.39. The summed E-state index contributed by atoms with van der Waals surface area (Å²) in [7, 11) is 0.